The molecule has 3 N–H and O–H groups in total. The summed E-state index contributed by atoms with van der Waals surface area (Å²) in [5.74, 6) is 0.575. The van der Waals surface area contributed by atoms with Crippen molar-refractivity contribution in [1.82, 2.24) is 25.1 Å². The molecule has 0 radical (unpaired) electrons. The highest BCUT2D eigenvalue weighted by atomic mass is 32.2. The van der Waals surface area contributed by atoms with Crippen LogP contribution >= 0.6 is 0 Å². The van der Waals surface area contributed by atoms with E-state index >= 15 is 0 Å². The first kappa shape index (κ1) is 22.6. The van der Waals surface area contributed by atoms with Crippen LogP contribution in [0.1, 0.15) is 43.1 Å². The number of nitrogens with zero attached hydrogens (tertiary/aromatic N) is 3. The smallest absolute Gasteiger partial charge is 0.213 e. The molecule has 0 saturated carbocycles. The third kappa shape index (κ3) is 7.06. The van der Waals surface area contributed by atoms with Crippen LogP contribution in [0.2, 0.25) is 0 Å². The number of aliphatic imine (C=N–C) groups is 1. The van der Waals surface area contributed by atoms with Gasteiger partial charge in [-0.3, -0.25) is 4.68 Å². The summed E-state index contributed by atoms with van der Waals surface area (Å²) in [5, 5.41) is 10.6. The van der Waals surface area contributed by atoms with E-state index in [9.17, 15) is 8.42 Å². The molecule has 10 heteroatoms. The molecule has 0 spiro atoms. The van der Waals surface area contributed by atoms with E-state index in [0.717, 1.165) is 36.2 Å². The number of hydrogen-bond donors (Lipinski definition) is 3. The Bertz CT molecular complexity index is 754. The maximum absolute atomic E-state index is 12.2. The van der Waals surface area contributed by atoms with Crippen molar-refractivity contribution in [3.63, 3.8) is 0 Å². The predicted octanol–water partition coefficient (Wildman–Crippen LogP) is 0.581. The van der Waals surface area contributed by atoms with Gasteiger partial charge in [-0.15, -0.1) is 0 Å². The minimum absolute atomic E-state index is 0.0127. The fraction of sp³-hybridized carbons (Fsp3) is 0.778. The zero-order chi connectivity index (χ0) is 20.6. The molecule has 2 rings (SSSR count). The largest absolute Gasteiger partial charge is 0.377 e. The number of sulfonamides is 1. The van der Waals surface area contributed by atoms with Crippen molar-refractivity contribution < 1.29 is 13.2 Å². The molecule has 0 aromatic carbocycles. The SMILES string of the molecule is CCNC(=NCc1c(C)nn(C)c1C)NCCS(=O)(=O)NCC1CCCCO1. The van der Waals surface area contributed by atoms with Crippen LogP contribution in [0.25, 0.3) is 0 Å². The van der Waals surface area contributed by atoms with E-state index in [1.54, 1.807) is 0 Å². The summed E-state index contributed by atoms with van der Waals surface area (Å²) in [4.78, 5) is 4.56. The molecule has 1 aliphatic heterocycles. The predicted molar refractivity (Wildman–Crippen MR) is 111 cm³/mol. The van der Waals surface area contributed by atoms with Crippen molar-refractivity contribution in [2.75, 3.05) is 32.0 Å². The van der Waals surface area contributed by atoms with Gasteiger partial charge in [0.15, 0.2) is 5.96 Å². The highest BCUT2D eigenvalue weighted by molar-refractivity contribution is 7.89. The Kier molecular flexibility index (Phi) is 8.71. The Labute approximate surface area is 168 Å². The first-order valence-corrected chi connectivity index (χ1v) is 11.6. The summed E-state index contributed by atoms with van der Waals surface area (Å²) in [5.41, 5.74) is 3.12. The van der Waals surface area contributed by atoms with Crippen molar-refractivity contribution in [1.29, 1.82) is 0 Å². The number of aryl methyl sites for hydroxylation is 2. The molecule has 2 heterocycles. The second kappa shape index (κ2) is 10.8. The first-order chi connectivity index (χ1) is 13.3. The molecule has 0 amide bonds. The molecule has 1 aromatic heterocycles. The topological polar surface area (TPSA) is 110 Å². The van der Waals surface area contributed by atoms with Gasteiger partial charge in [-0.1, -0.05) is 0 Å². The number of guanidine groups is 1. The maximum atomic E-state index is 12.2. The van der Waals surface area contributed by atoms with Gasteiger partial charge in [0.1, 0.15) is 0 Å². The van der Waals surface area contributed by atoms with E-state index in [2.05, 4.69) is 25.4 Å². The van der Waals surface area contributed by atoms with Crippen molar-refractivity contribution in [3.05, 3.63) is 17.0 Å². The summed E-state index contributed by atoms with van der Waals surface area (Å²) in [6.45, 7) is 8.47. The van der Waals surface area contributed by atoms with Gasteiger partial charge in [0.2, 0.25) is 10.0 Å². The van der Waals surface area contributed by atoms with Crippen LogP contribution in [-0.2, 0) is 28.4 Å². The standard InChI is InChI=1S/C18H34N6O3S/c1-5-19-18(21-13-17-14(2)23-24(4)15(17)3)20-9-11-28(25,26)22-12-16-8-6-7-10-27-16/h16,22H,5-13H2,1-4H3,(H2,19,20,21). The normalized spacial score (nSPS) is 18.3. The fourth-order valence-corrected chi connectivity index (χ4v) is 4.07. The number of hydrogen-bond acceptors (Lipinski definition) is 5. The van der Waals surface area contributed by atoms with Crippen molar-refractivity contribution in [2.24, 2.45) is 12.0 Å². The molecule has 160 valence electrons. The van der Waals surface area contributed by atoms with Gasteiger partial charge >= 0.3 is 0 Å². The highest BCUT2D eigenvalue weighted by Crippen LogP contribution is 2.13. The monoisotopic (exact) mass is 414 g/mol. The third-order valence-electron chi connectivity index (χ3n) is 4.87. The van der Waals surface area contributed by atoms with E-state index < -0.39 is 10.0 Å². The van der Waals surface area contributed by atoms with E-state index in [0.29, 0.717) is 32.2 Å². The van der Waals surface area contributed by atoms with Gasteiger partial charge in [-0.25, -0.2) is 18.1 Å². The minimum Gasteiger partial charge on any atom is -0.377 e. The van der Waals surface area contributed by atoms with Crippen LogP contribution < -0.4 is 15.4 Å². The van der Waals surface area contributed by atoms with Crippen LogP contribution in [0.15, 0.2) is 4.99 Å². The number of rotatable bonds is 9. The molecule has 1 atom stereocenters. The Morgan fingerprint density at radius 3 is 2.71 bits per heavy atom. The van der Waals surface area contributed by atoms with E-state index in [-0.39, 0.29) is 18.4 Å². The average molecular weight is 415 g/mol. The Morgan fingerprint density at radius 1 is 1.32 bits per heavy atom. The summed E-state index contributed by atoms with van der Waals surface area (Å²) in [6, 6.07) is 0. The molecule has 28 heavy (non-hydrogen) atoms. The molecular weight excluding hydrogens is 380 g/mol. The van der Waals surface area contributed by atoms with E-state index in [1.165, 1.54) is 0 Å². The molecular formula is C18H34N6O3S. The molecule has 1 aliphatic rings. The van der Waals surface area contributed by atoms with Gasteiger partial charge in [-0.2, -0.15) is 5.10 Å². The maximum Gasteiger partial charge on any atom is 0.213 e. The average Bonchev–Trinajstić information content (AvgIpc) is 2.90. The summed E-state index contributed by atoms with van der Waals surface area (Å²) in [6.07, 6.45) is 3.04. The molecule has 1 fully saturated rings. The van der Waals surface area contributed by atoms with Gasteiger partial charge in [-0.05, 0) is 40.0 Å². The molecule has 9 nitrogen and oxygen atoms in total. The second-order valence-electron chi connectivity index (χ2n) is 7.05. The lowest BCUT2D eigenvalue weighted by Gasteiger charge is -2.22. The summed E-state index contributed by atoms with van der Waals surface area (Å²) < 4.78 is 34.5. The lowest BCUT2D eigenvalue weighted by atomic mass is 10.1. The van der Waals surface area contributed by atoms with Crippen molar-refractivity contribution >= 4 is 16.0 Å². The fourth-order valence-electron chi connectivity index (χ4n) is 3.11. The quantitative estimate of drug-likeness (QED) is 0.403. The molecule has 0 bridgehead atoms. The van der Waals surface area contributed by atoms with E-state index in [1.807, 2.05) is 32.5 Å². The molecule has 1 unspecified atom stereocenters. The van der Waals surface area contributed by atoms with Gasteiger partial charge in [0.25, 0.3) is 0 Å². The zero-order valence-corrected chi connectivity index (χ0v) is 18.2. The van der Waals surface area contributed by atoms with Crippen molar-refractivity contribution in [2.45, 2.75) is 52.7 Å². The van der Waals surface area contributed by atoms with Crippen LogP contribution in [0.5, 0.6) is 0 Å². The number of ether oxygens (including phenoxy) is 1. The van der Waals surface area contributed by atoms with Crippen molar-refractivity contribution in [3.8, 4) is 0 Å². The minimum atomic E-state index is -3.36. The molecule has 1 aromatic rings. The highest BCUT2D eigenvalue weighted by Gasteiger charge is 2.17. The Balaban J connectivity index is 1.82. The van der Waals surface area contributed by atoms with Crippen LogP contribution in [0.4, 0.5) is 0 Å². The lowest BCUT2D eigenvalue weighted by molar-refractivity contribution is 0.0200. The molecule has 1 saturated heterocycles. The van der Waals surface area contributed by atoms with Gasteiger partial charge < -0.3 is 15.4 Å². The first-order valence-electron chi connectivity index (χ1n) is 9.92. The lowest BCUT2D eigenvalue weighted by Crippen LogP contribution is -2.42. The summed E-state index contributed by atoms with van der Waals surface area (Å²) in [7, 11) is -1.45. The number of nitrogens with one attached hydrogen (secondary N) is 3. The third-order valence-corrected chi connectivity index (χ3v) is 6.21. The zero-order valence-electron chi connectivity index (χ0n) is 17.4. The Hall–Kier alpha value is -1.65. The van der Waals surface area contributed by atoms with Gasteiger partial charge in [0.05, 0.1) is 24.1 Å². The van der Waals surface area contributed by atoms with Crippen LogP contribution in [-0.4, -0.2) is 62.3 Å². The van der Waals surface area contributed by atoms with Gasteiger partial charge in [0, 0.05) is 44.5 Å². The van der Waals surface area contributed by atoms with Crippen LogP contribution in [0.3, 0.4) is 0 Å². The second-order valence-corrected chi connectivity index (χ2v) is 8.98. The number of aromatic nitrogens is 2. The van der Waals surface area contributed by atoms with Crippen LogP contribution in [0, 0.1) is 13.8 Å². The Morgan fingerprint density at radius 2 is 2.11 bits per heavy atom. The summed E-state index contributed by atoms with van der Waals surface area (Å²) >= 11 is 0. The van der Waals surface area contributed by atoms with E-state index in [4.69, 9.17) is 4.74 Å². The molecule has 0 aliphatic carbocycles.